The number of halogens is 3. The molecule has 1 atom stereocenters. The predicted molar refractivity (Wildman–Crippen MR) is 67.1 cm³/mol. The van der Waals surface area contributed by atoms with Crippen molar-refractivity contribution >= 4 is 11.6 Å². The van der Waals surface area contributed by atoms with Crippen molar-refractivity contribution in [2.45, 2.75) is 18.7 Å². The largest absolute Gasteiger partial charge is 0.418 e. The second-order valence-corrected chi connectivity index (χ2v) is 4.77. The first-order valence-corrected chi connectivity index (χ1v) is 6.23. The lowest BCUT2D eigenvalue weighted by Crippen LogP contribution is -2.32. The number of hydrogen-bond acceptors (Lipinski definition) is 3. The zero-order valence-corrected chi connectivity index (χ0v) is 10.7. The van der Waals surface area contributed by atoms with Crippen molar-refractivity contribution < 1.29 is 23.1 Å². The number of aliphatic hydroxyl groups excluding tert-OH is 1. The topological polar surface area (TPSA) is 52.6 Å². The highest BCUT2D eigenvalue weighted by Crippen LogP contribution is 2.34. The van der Waals surface area contributed by atoms with Crippen LogP contribution in [0.15, 0.2) is 24.3 Å². The Labute approximate surface area is 114 Å². The lowest BCUT2D eigenvalue weighted by Gasteiger charge is -2.17. The third-order valence-corrected chi connectivity index (χ3v) is 3.12. The van der Waals surface area contributed by atoms with Crippen molar-refractivity contribution in [1.82, 2.24) is 4.90 Å². The number of rotatable bonds is 3. The molecule has 110 valence electrons. The average Bonchev–Trinajstić information content (AvgIpc) is 2.73. The van der Waals surface area contributed by atoms with Crippen LogP contribution in [0.5, 0.6) is 0 Å². The molecule has 1 aliphatic heterocycles. The number of alkyl halides is 3. The number of nitrogens with zero attached hydrogens (tertiary/aromatic N) is 1. The van der Waals surface area contributed by atoms with E-state index < -0.39 is 23.8 Å². The Bertz CT molecular complexity index is 491. The summed E-state index contributed by atoms with van der Waals surface area (Å²) in [6, 6.07) is 4.86. The number of anilines is 1. The molecule has 1 fully saturated rings. The fraction of sp³-hybridized carbons (Fsp3) is 0.462. The molecule has 0 spiro atoms. The summed E-state index contributed by atoms with van der Waals surface area (Å²) in [6.07, 6.45) is -4.40. The van der Waals surface area contributed by atoms with Crippen LogP contribution in [-0.4, -0.2) is 41.7 Å². The molecular formula is C13H15F3N2O2. The van der Waals surface area contributed by atoms with Crippen LogP contribution < -0.4 is 5.32 Å². The number of hydrogen-bond donors (Lipinski definition) is 2. The highest BCUT2D eigenvalue weighted by atomic mass is 19.4. The van der Waals surface area contributed by atoms with E-state index in [1.807, 2.05) is 0 Å². The maximum absolute atomic E-state index is 12.8. The highest BCUT2D eigenvalue weighted by molar-refractivity contribution is 5.93. The maximum atomic E-state index is 12.8. The molecule has 1 aromatic carbocycles. The summed E-state index contributed by atoms with van der Waals surface area (Å²) < 4.78 is 38.3. The van der Waals surface area contributed by atoms with Crippen molar-refractivity contribution in [2.24, 2.45) is 0 Å². The highest BCUT2D eigenvalue weighted by Gasteiger charge is 2.33. The first-order chi connectivity index (χ1) is 9.36. The fourth-order valence-electron chi connectivity index (χ4n) is 2.19. The number of β-amino-alcohol motifs (C(OH)–C–C–N with tert-alkyl or cyclic N) is 1. The van der Waals surface area contributed by atoms with Gasteiger partial charge in [-0.3, -0.25) is 9.69 Å². The van der Waals surface area contributed by atoms with Crippen LogP contribution in [0.25, 0.3) is 0 Å². The summed E-state index contributed by atoms with van der Waals surface area (Å²) in [5.41, 5.74) is -1.11. The average molecular weight is 288 g/mol. The summed E-state index contributed by atoms with van der Waals surface area (Å²) in [7, 11) is 0. The minimum Gasteiger partial charge on any atom is -0.392 e. The van der Waals surface area contributed by atoms with Crippen molar-refractivity contribution in [3.05, 3.63) is 29.8 Å². The number of likely N-dealkylation sites (tertiary alicyclic amines) is 1. The van der Waals surface area contributed by atoms with Crippen LogP contribution in [0.4, 0.5) is 18.9 Å². The van der Waals surface area contributed by atoms with Gasteiger partial charge in [0.25, 0.3) is 0 Å². The van der Waals surface area contributed by atoms with Crippen LogP contribution in [-0.2, 0) is 11.0 Å². The third kappa shape index (κ3) is 3.71. The quantitative estimate of drug-likeness (QED) is 0.890. The molecule has 0 aromatic heterocycles. The van der Waals surface area contributed by atoms with Gasteiger partial charge in [-0.15, -0.1) is 0 Å². The van der Waals surface area contributed by atoms with Crippen LogP contribution in [0.2, 0.25) is 0 Å². The smallest absolute Gasteiger partial charge is 0.392 e. The van der Waals surface area contributed by atoms with E-state index >= 15 is 0 Å². The van der Waals surface area contributed by atoms with Gasteiger partial charge in [-0.05, 0) is 18.6 Å². The number of carbonyl (C=O) groups is 1. The van der Waals surface area contributed by atoms with Gasteiger partial charge in [0.15, 0.2) is 0 Å². The molecule has 20 heavy (non-hydrogen) atoms. The molecule has 2 N–H and O–H groups in total. The number of carbonyl (C=O) groups excluding carboxylic acids is 1. The van der Waals surface area contributed by atoms with Gasteiger partial charge in [0.1, 0.15) is 0 Å². The van der Waals surface area contributed by atoms with Gasteiger partial charge >= 0.3 is 6.18 Å². The van der Waals surface area contributed by atoms with Crippen molar-refractivity contribution in [2.75, 3.05) is 25.0 Å². The Morgan fingerprint density at radius 1 is 1.40 bits per heavy atom. The molecule has 4 nitrogen and oxygen atoms in total. The van der Waals surface area contributed by atoms with E-state index in [0.717, 1.165) is 6.07 Å². The van der Waals surface area contributed by atoms with Gasteiger partial charge in [0.2, 0.25) is 5.91 Å². The van der Waals surface area contributed by atoms with E-state index in [9.17, 15) is 23.1 Å². The van der Waals surface area contributed by atoms with E-state index in [4.69, 9.17) is 0 Å². The van der Waals surface area contributed by atoms with Gasteiger partial charge in [0, 0.05) is 13.1 Å². The zero-order valence-electron chi connectivity index (χ0n) is 10.7. The van der Waals surface area contributed by atoms with Gasteiger partial charge in [-0.25, -0.2) is 0 Å². The molecule has 0 saturated carbocycles. The molecular weight excluding hydrogens is 273 g/mol. The van der Waals surface area contributed by atoms with Crippen LogP contribution in [0.1, 0.15) is 12.0 Å². The normalized spacial score (nSPS) is 20.1. The minimum absolute atomic E-state index is 0.0246. The summed E-state index contributed by atoms with van der Waals surface area (Å²) in [5.74, 6) is -0.518. The van der Waals surface area contributed by atoms with Gasteiger partial charge < -0.3 is 10.4 Å². The molecule has 1 aromatic rings. The lowest BCUT2D eigenvalue weighted by molar-refractivity contribution is -0.137. The SMILES string of the molecule is O=C(CN1CC[C@@H](O)C1)Nc1ccccc1C(F)(F)F. The van der Waals surface area contributed by atoms with Gasteiger partial charge in [-0.2, -0.15) is 13.2 Å². The van der Waals surface area contributed by atoms with Crippen LogP contribution in [0, 0.1) is 0 Å². The van der Waals surface area contributed by atoms with Crippen molar-refractivity contribution in [3.63, 3.8) is 0 Å². The summed E-state index contributed by atoms with van der Waals surface area (Å²) >= 11 is 0. The Morgan fingerprint density at radius 2 is 2.10 bits per heavy atom. The second kappa shape index (κ2) is 5.80. The minimum atomic E-state index is -4.51. The summed E-state index contributed by atoms with van der Waals surface area (Å²) in [4.78, 5) is 13.5. The first-order valence-electron chi connectivity index (χ1n) is 6.23. The standard InChI is InChI=1S/C13H15F3N2O2/c14-13(15,16)10-3-1-2-4-11(10)17-12(20)8-18-6-5-9(19)7-18/h1-4,9,19H,5-8H2,(H,17,20)/t9-/m1/s1. The number of para-hydroxylation sites is 1. The Morgan fingerprint density at radius 3 is 2.70 bits per heavy atom. The molecule has 1 heterocycles. The number of aliphatic hydroxyl groups is 1. The summed E-state index contributed by atoms with van der Waals surface area (Å²) in [5, 5.41) is 11.6. The Kier molecular flexibility index (Phi) is 4.29. The molecule has 1 saturated heterocycles. The number of benzene rings is 1. The van der Waals surface area contributed by atoms with E-state index in [1.54, 1.807) is 4.90 Å². The molecule has 0 unspecified atom stereocenters. The zero-order chi connectivity index (χ0) is 14.8. The first kappa shape index (κ1) is 14.8. The van der Waals surface area contributed by atoms with Crippen LogP contribution in [0.3, 0.4) is 0 Å². The molecule has 7 heteroatoms. The third-order valence-electron chi connectivity index (χ3n) is 3.12. The second-order valence-electron chi connectivity index (χ2n) is 4.77. The van der Waals surface area contributed by atoms with Crippen molar-refractivity contribution in [3.8, 4) is 0 Å². The molecule has 1 aliphatic rings. The number of amides is 1. The van der Waals surface area contributed by atoms with Crippen molar-refractivity contribution in [1.29, 1.82) is 0 Å². The van der Waals surface area contributed by atoms with E-state index in [2.05, 4.69) is 5.32 Å². The Balaban J connectivity index is 2.01. The fourth-order valence-corrected chi connectivity index (χ4v) is 2.19. The molecule has 0 radical (unpaired) electrons. The predicted octanol–water partition coefficient (Wildman–Crippen LogP) is 1.71. The number of nitrogens with one attached hydrogen (secondary N) is 1. The van der Waals surface area contributed by atoms with E-state index in [-0.39, 0.29) is 12.2 Å². The maximum Gasteiger partial charge on any atom is 0.418 e. The van der Waals surface area contributed by atoms with Gasteiger partial charge in [-0.1, -0.05) is 12.1 Å². The Hall–Kier alpha value is -1.60. The summed E-state index contributed by atoms with van der Waals surface area (Å²) in [6.45, 7) is 0.910. The van der Waals surface area contributed by atoms with Crippen LogP contribution >= 0.6 is 0 Å². The molecule has 0 bridgehead atoms. The van der Waals surface area contributed by atoms with E-state index in [1.165, 1.54) is 18.2 Å². The molecule has 0 aliphatic carbocycles. The molecule has 2 rings (SSSR count). The lowest BCUT2D eigenvalue weighted by atomic mass is 10.1. The molecule has 1 amide bonds. The van der Waals surface area contributed by atoms with Gasteiger partial charge in [0.05, 0.1) is 23.9 Å². The monoisotopic (exact) mass is 288 g/mol. The van der Waals surface area contributed by atoms with E-state index in [0.29, 0.717) is 19.5 Å².